The van der Waals surface area contributed by atoms with Crippen molar-refractivity contribution in [1.82, 2.24) is 9.78 Å². The van der Waals surface area contributed by atoms with Gasteiger partial charge < -0.3 is 4.74 Å². The van der Waals surface area contributed by atoms with E-state index in [1.807, 2.05) is 29.1 Å². The van der Waals surface area contributed by atoms with Gasteiger partial charge in [-0.3, -0.25) is 9.48 Å². The van der Waals surface area contributed by atoms with Crippen LogP contribution in [-0.2, 0) is 6.42 Å². The number of ketones is 1. The van der Waals surface area contributed by atoms with Crippen molar-refractivity contribution in [3.63, 3.8) is 0 Å². The first-order valence-electron chi connectivity index (χ1n) is 6.86. The molecule has 1 aromatic carbocycles. The first-order valence-corrected chi connectivity index (χ1v) is 6.86. The van der Waals surface area contributed by atoms with Gasteiger partial charge >= 0.3 is 0 Å². The van der Waals surface area contributed by atoms with Crippen molar-refractivity contribution in [2.75, 3.05) is 7.11 Å². The van der Waals surface area contributed by atoms with Crippen LogP contribution in [0.5, 0.6) is 5.75 Å². The number of hydrogen-bond donors (Lipinski definition) is 0. The average Bonchev–Trinajstić information content (AvgIpc) is 2.94. The van der Waals surface area contributed by atoms with Crippen molar-refractivity contribution < 1.29 is 9.53 Å². The van der Waals surface area contributed by atoms with Gasteiger partial charge in [-0.05, 0) is 31.5 Å². The maximum absolute atomic E-state index is 12.3. The van der Waals surface area contributed by atoms with Crippen LogP contribution in [0.2, 0.25) is 0 Å². The molecule has 0 saturated carbocycles. The fraction of sp³-hybridized carbons (Fsp3) is 0.375. The van der Waals surface area contributed by atoms with E-state index in [1.54, 1.807) is 19.2 Å². The van der Waals surface area contributed by atoms with Crippen molar-refractivity contribution in [1.29, 1.82) is 0 Å². The number of aromatic nitrogens is 2. The third-order valence-corrected chi connectivity index (χ3v) is 3.46. The predicted octanol–water partition coefficient (Wildman–Crippen LogP) is 3.29. The Balaban J connectivity index is 2.13. The lowest BCUT2D eigenvalue weighted by Gasteiger charge is -2.08. The smallest absolute Gasteiger partial charge is 0.172 e. The summed E-state index contributed by atoms with van der Waals surface area (Å²) >= 11 is 0. The minimum absolute atomic E-state index is 0.0249. The van der Waals surface area contributed by atoms with Crippen LogP contribution in [0.3, 0.4) is 0 Å². The van der Waals surface area contributed by atoms with Crippen molar-refractivity contribution in [2.45, 2.75) is 32.7 Å². The topological polar surface area (TPSA) is 44.1 Å². The Morgan fingerprint density at radius 3 is 2.80 bits per heavy atom. The van der Waals surface area contributed by atoms with Crippen LogP contribution >= 0.6 is 0 Å². The number of para-hydroxylation sites is 1. The monoisotopic (exact) mass is 272 g/mol. The van der Waals surface area contributed by atoms with Crippen molar-refractivity contribution in [2.24, 2.45) is 0 Å². The Labute approximate surface area is 119 Å². The fourth-order valence-corrected chi connectivity index (χ4v) is 2.04. The molecule has 4 heteroatoms. The second-order valence-corrected chi connectivity index (χ2v) is 4.84. The lowest BCUT2D eigenvalue weighted by Crippen LogP contribution is -2.08. The van der Waals surface area contributed by atoms with E-state index < -0.39 is 0 Å². The van der Waals surface area contributed by atoms with Crippen LogP contribution < -0.4 is 4.74 Å². The highest BCUT2D eigenvalue weighted by atomic mass is 16.5. The largest absolute Gasteiger partial charge is 0.496 e. The molecule has 0 spiro atoms. The molecule has 0 amide bonds. The maximum Gasteiger partial charge on any atom is 0.172 e. The van der Waals surface area contributed by atoms with E-state index in [9.17, 15) is 4.79 Å². The van der Waals surface area contributed by atoms with Gasteiger partial charge in [-0.15, -0.1) is 0 Å². The van der Waals surface area contributed by atoms with Gasteiger partial charge in [0.25, 0.3) is 0 Å². The minimum atomic E-state index is 0.0249. The number of carbonyl (C=O) groups is 1. The zero-order valence-corrected chi connectivity index (χ0v) is 12.2. The molecule has 2 rings (SSSR count). The summed E-state index contributed by atoms with van der Waals surface area (Å²) in [5.74, 6) is 0.635. The summed E-state index contributed by atoms with van der Waals surface area (Å²) in [5.41, 5.74) is 1.40. The number of benzene rings is 1. The van der Waals surface area contributed by atoms with E-state index >= 15 is 0 Å². The Morgan fingerprint density at radius 1 is 1.35 bits per heavy atom. The van der Waals surface area contributed by atoms with Gasteiger partial charge in [-0.1, -0.05) is 19.1 Å². The molecule has 0 N–H and O–H groups in total. The first kappa shape index (κ1) is 14.3. The molecule has 4 nitrogen and oxygen atoms in total. The summed E-state index contributed by atoms with van der Waals surface area (Å²) in [6.07, 6.45) is 3.24. The predicted molar refractivity (Wildman–Crippen MR) is 78.3 cm³/mol. The standard InChI is InChI=1S/C16H20N2O2/c1-4-12(2)18-10-9-13(17-18)11-15(19)14-7-5-6-8-16(14)20-3/h5-10,12H,4,11H2,1-3H3. The first-order chi connectivity index (χ1) is 9.65. The van der Waals surface area contributed by atoms with Gasteiger partial charge in [0.15, 0.2) is 5.78 Å². The van der Waals surface area contributed by atoms with Gasteiger partial charge in [-0.25, -0.2) is 0 Å². The molecule has 106 valence electrons. The summed E-state index contributed by atoms with van der Waals surface area (Å²) in [6, 6.07) is 9.53. The van der Waals surface area contributed by atoms with E-state index in [1.165, 1.54) is 0 Å². The molecule has 20 heavy (non-hydrogen) atoms. The molecule has 0 radical (unpaired) electrons. The van der Waals surface area contributed by atoms with Gasteiger partial charge in [0, 0.05) is 12.2 Å². The van der Waals surface area contributed by atoms with Gasteiger partial charge in [0.05, 0.1) is 24.8 Å². The van der Waals surface area contributed by atoms with Crippen LogP contribution in [0.4, 0.5) is 0 Å². The quantitative estimate of drug-likeness (QED) is 0.758. The van der Waals surface area contributed by atoms with Crippen molar-refractivity contribution in [3.05, 3.63) is 47.8 Å². The van der Waals surface area contributed by atoms with E-state index in [-0.39, 0.29) is 5.78 Å². The van der Waals surface area contributed by atoms with Crippen molar-refractivity contribution >= 4 is 5.78 Å². The minimum Gasteiger partial charge on any atom is -0.496 e. The second kappa shape index (κ2) is 6.37. The van der Waals surface area contributed by atoms with Crippen LogP contribution in [0.15, 0.2) is 36.5 Å². The summed E-state index contributed by atoms with van der Waals surface area (Å²) in [5, 5.41) is 4.46. The zero-order chi connectivity index (χ0) is 14.5. The number of nitrogens with zero attached hydrogens (tertiary/aromatic N) is 2. The lowest BCUT2D eigenvalue weighted by molar-refractivity contribution is 0.0988. The Bertz CT molecular complexity index is 590. The fourth-order valence-electron chi connectivity index (χ4n) is 2.04. The highest BCUT2D eigenvalue weighted by molar-refractivity contribution is 5.99. The molecule has 1 aromatic heterocycles. The van der Waals surface area contributed by atoms with Crippen LogP contribution in [0, 0.1) is 0 Å². The summed E-state index contributed by atoms with van der Waals surface area (Å²) in [4.78, 5) is 12.3. The number of Topliss-reactive ketones (excluding diaryl/α,β-unsaturated/α-hetero) is 1. The normalized spacial score (nSPS) is 12.2. The number of hydrogen-bond acceptors (Lipinski definition) is 3. The molecular weight excluding hydrogens is 252 g/mol. The summed E-state index contributed by atoms with van der Waals surface area (Å²) in [7, 11) is 1.57. The van der Waals surface area contributed by atoms with E-state index in [4.69, 9.17) is 4.74 Å². The Kier molecular flexibility index (Phi) is 4.56. The third kappa shape index (κ3) is 3.07. The molecule has 1 unspecified atom stereocenters. The van der Waals surface area contributed by atoms with E-state index in [0.29, 0.717) is 23.8 Å². The van der Waals surface area contributed by atoms with Gasteiger partial charge in [0.2, 0.25) is 0 Å². The van der Waals surface area contributed by atoms with E-state index in [0.717, 1.165) is 12.1 Å². The van der Waals surface area contributed by atoms with Crippen LogP contribution in [0.1, 0.15) is 42.4 Å². The average molecular weight is 272 g/mol. The number of rotatable bonds is 6. The molecule has 2 aromatic rings. The molecule has 0 saturated heterocycles. The second-order valence-electron chi connectivity index (χ2n) is 4.84. The molecule has 0 aliphatic rings. The highest BCUT2D eigenvalue weighted by Gasteiger charge is 2.14. The Morgan fingerprint density at radius 2 is 2.10 bits per heavy atom. The lowest BCUT2D eigenvalue weighted by atomic mass is 10.1. The zero-order valence-electron chi connectivity index (χ0n) is 12.2. The molecule has 0 fully saturated rings. The summed E-state index contributed by atoms with van der Waals surface area (Å²) in [6.45, 7) is 4.23. The molecular formula is C16H20N2O2. The Hall–Kier alpha value is -2.10. The number of methoxy groups -OCH3 is 1. The molecule has 1 heterocycles. The number of carbonyl (C=O) groups excluding carboxylic acids is 1. The van der Waals surface area contributed by atoms with Gasteiger partial charge in [0.1, 0.15) is 5.75 Å². The van der Waals surface area contributed by atoms with Gasteiger partial charge in [-0.2, -0.15) is 5.10 Å². The van der Waals surface area contributed by atoms with Crippen LogP contribution in [0.25, 0.3) is 0 Å². The highest BCUT2D eigenvalue weighted by Crippen LogP contribution is 2.19. The number of ether oxygens (including phenoxy) is 1. The third-order valence-electron chi connectivity index (χ3n) is 3.46. The van der Waals surface area contributed by atoms with Crippen molar-refractivity contribution in [3.8, 4) is 5.75 Å². The van der Waals surface area contributed by atoms with Crippen LogP contribution in [-0.4, -0.2) is 22.7 Å². The summed E-state index contributed by atoms with van der Waals surface area (Å²) < 4.78 is 7.13. The van der Waals surface area contributed by atoms with E-state index in [2.05, 4.69) is 18.9 Å². The molecule has 0 aliphatic carbocycles. The maximum atomic E-state index is 12.3. The molecule has 1 atom stereocenters. The molecule has 0 aliphatic heterocycles. The SMILES string of the molecule is CCC(C)n1ccc(CC(=O)c2ccccc2OC)n1. The molecule has 0 bridgehead atoms.